The molecule has 0 atom stereocenters. The number of hydrogen-bond acceptors (Lipinski definition) is 7. The lowest BCUT2D eigenvalue weighted by Gasteiger charge is -2.26. The number of ether oxygens (including phenoxy) is 1. The summed E-state index contributed by atoms with van der Waals surface area (Å²) in [5, 5.41) is 8.86. The molecule has 0 aliphatic carbocycles. The summed E-state index contributed by atoms with van der Waals surface area (Å²) in [6.07, 6.45) is 1.57. The van der Waals surface area contributed by atoms with E-state index in [1.165, 1.54) is 11.8 Å². The first-order valence-electron chi connectivity index (χ1n) is 9.63. The van der Waals surface area contributed by atoms with E-state index >= 15 is 0 Å². The maximum absolute atomic E-state index is 12.6. The van der Waals surface area contributed by atoms with E-state index in [2.05, 4.69) is 10.2 Å². The third-order valence-electron chi connectivity index (χ3n) is 4.27. The molecular weight excluding hydrogens is 404 g/mol. The number of furan rings is 1. The van der Waals surface area contributed by atoms with E-state index in [4.69, 9.17) is 9.15 Å². The molecule has 9 heteroatoms. The van der Waals surface area contributed by atoms with Gasteiger partial charge in [-0.3, -0.25) is 14.2 Å². The van der Waals surface area contributed by atoms with Crippen LogP contribution in [-0.4, -0.2) is 45.0 Å². The molecule has 158 valence electrons. The Morgan fingerprint density at radius 1 is 1.17 bits per heavy atom. The predicted molar refractivity (Wildman–Crippen MR) is 114 cm³/mol. The lowest BCUT2D eigenvalue weighted by Crippen LogP contribution is -2.40. The Morgan fingerprint density at radius 2 is 1.93 bits per heavy atom. The Bertz CT molecular complexity index is 970. The van der Waals surface area contributed by atoms with Crippen molar-refractivity contribution >= 4 is 29.3 Å². The number of esters is 1. The molecule has 30 heavy (non-hydrogen) atoms. The van der Waals surface area contributed by atoms with Crippen LogP contribution in [0.25, 0.3) is 11.6 Å². The fraction of sp³-hybridized carbons (Fsp3) is 0.333. The van der Waals surface area contributed by atoms with Crippen LogP contribution in [-0.2, 0) is 20.9 Å². The normalized spacial score (nSPS) is 10.9. The number of hydrogen-bond donors (Lipinski definition) is 0. The summed E-state index contributed by atoms with van der Waals surface area (Å²) in [6, 6.07) is 12.8. The summed E-state index contributed by atoms with van der Waals surface area (Å²) in [4.78, 5) is 26.4. The number of anilines is 1. The number of nitrogens with zero attached hydrogens (tertiary/aromatic N) is 4. The third kappa shape index (κ3) is 5.10. The molecule has 3 rings (SSSR count). The quantitative estimate of drug-likeness (QED) is 0.380. The molecule has 8 nitrogen and oxygen atoms in total. The minimum atomic E-state index is -0.490. The van der Waals surface area contributed by atoms with Crippen molar-refractivity contribution in [1.82, 2.24) is 14.8 Å². The van der Waals surface area contributed by atoms with Crippen LogP contribution in [0.1, 0.15) is 20.8 Å². The molecule has 0 N–H and O–H groups in total. The van der Waals surface area contributed by atoms with Crippen LogP contribution in [0.2, 0.25) is 0 Å². The number of thioether (sulfide) groups is 1. The monoisotopic (exact) mass is 428 g/mol. The molecule has 0 aliphatic heterocycles. The molecular formula is C21H24N4O4S. The maximum Gasteiger partial charge on any atom is 0.316 e. The number of amides is 1. The van der Waals surface area contributed by atoms with Gasteiger partial charge in [-0.1, -0.05) is 30.0 Å². The number of carbonyl (C=O) groups excluding carboxylic acids is 2. The summed E-state index contributed by atoms with van der Waals surface area (Å²) >= 11 is 1.21. The SMILES string of the molecule is CCn1c(SCC(=O)OCC(=O)N(c2ccccc2)C(C)C)nnc1-c1ccco1. The highest BCUT2D eigenvalue weighted by Gasteiger charge is 2.21. The molecule has 0 saturated carbocycles. The van der Waals surface area contributed by atoms with Crippen molar-refractivity contribution in [3.05, 3.63) is 48.7 Å². The fourth-order valence-corrected chi connectivity index (χ4v) is 3.76. The van der Waals surface area contributed by atoms with Crippen molar-refractivity contribution < 1.29 is 18.7 Å². The number of para-hydroxylation sites is 1. The van der Waals surface area contributed by atoms with Gasteiger partial charge in [0.2, 0.25) is 0 Å². The molecule has 2 aromatic heterocycles. The van der Waals surface area contributed by atoms with Crippen LogP contribution in [0.4, 0.5) is 5.69 Å². The Balaban J connectivity index is 1.56. The molecule has 0 bridgehead atoms. The topological polar surface area (TPSA) is 90.5 Å². The molecule has 2 heterocycles. The molecule has 0 radical (unpaired) electrons. The van der Waals surface area contributed by atoms with E-state index in [1.54, 1.807) is 23.3 Å². The van der Waals surface area contributed by atoms with Crippen LogP contribution in [0.3, 0.4) is 0 Å². The average molecular weight is 429 g/mol. The molecule has 1 amide bonds. The number of aromatic nitrogens is 3. The van der Waals surface area contributed by atoms with Crippen molar-refractivity contribution in [3.63, 3.8) is 0 Å². The molecule has 0 saturated heterocycles. The molecule has 0 aliphatic rings. The summed E-state index contributed by atoms with van der Waals surface area (Å²) < 4.78 is 12.4. The zero-order valence-electron chi connectivity index (χ0n) is 17.1. The highest BCUT2D eigenvalue weighted by Crippen LogP contribution is 2.24. The minimum Gasteiger partial charge on any atom is -0.461 e. The Hall–Kier alpha value is -3.07. The van der Waals surface area contributed by atoms with Gasteiger partial charge in [0.1, 0.15) is 0 Å². The third-order valence-corrected chi connectivity index (χ3v) is 5.21. The first-order valence-corrected chi connectivity index (χ1v) is 10.6. The van der Waals surface area contributed by atoms with E-state index in [1.807, 2.05) is 55.7 Å². The van der Waals surface area contributed by atoms with Gasteiger partial charge < -0.3 is 14.1 Å². The Labute approximate surface area is 179 Å². The molecule has 0 unspecified atom stereocenters. The lowest BCUT2D eigenvalue weighted by molar-refractivity contribution is -0.145. The highest BCUT2D eigenvalue weighted by molar-refractivity contribution is 7.99. The van der Waals surface area contributed by atoms with E-state index in [0.29, 0.717) is 23.3 Å². The lowest BCUT2D eigenvalue weighted by atomic mass is 10.2. The van der Waals surface area contributed by atoms with Gasteiger partial charge in [0.25, 0.3) is 5.91 Å². The van der Waals surface area contributed by atoms with Gasteiger partial charge >= 0.3 is 5.97 Å². The van der Waals surface area contributed by atoms with Gasteiger partial charge in [0.15, 0.2) is 23.3 Å². The largest absolute Gasteiger partial charge is 0.461 e. The van der Waals surface area contributed by atoms with Gasteiger partial charge in [-0.25, -0.2) is 0 Å². The van der Waals surface area contributed by atoms with E-state index in [0.717, 1.165) is 5.69 Å². The Kier molecular flexibility index (Phi) is 7.29. The van der Waals surface area contributed by atoms with Crippen LogP contribution in [0, 0.1) is 0 Å². The van der Waals surface area contributed by atoms with Crippen molar-refractivity contribution in [2.45, 2.75) is 38.5 Å². The van der Waals surface area contributed by atoms with Crippen molar-refractivity contribution in [2.24, 2.45) is 0 Å². The molecule has 0 spiro atoms. The first kappa shape index (κ1) is 21.6. The van der Waals surface area contributed by atoms with Crippen LogP contribution in [0.15, 0.2) is 58.3 Å². The zero-order chi connectivity index (χ0) is 21.5. The smallest absolute Gasteiger partial charge is 0.316 e. The van der Waals surface area contributed by atoms with E-state index in [9.17, 15) is 9.59 Å². The van der Waals surface area contributed by atoms with Gasteiger partial charge in [-0.05, 0) is 45.0 Å². The van der Waals surface area contributed by atoms with Gasteiger partial charge in [-0.15, -0.1) is 10.2 Å². The minimum absolute atomic E-state index is 0.0244. The van der Waals surface area contributed by atoms with Crippen LogP contribution < -0.4 is 4.90 Å². The molecule has 3 aromatic rings. The first-order chi connectivity index (χ1) is 14.5. The van der Waals surface area contributed by atoms with Crippen molar-refractivity contribution in [3.8, 4) is 11.6 Å². The molecule has 1 aromatic carbocycles. The second kappa shape index (κ2) is 10.1. The van der Waals surface area contributed by atoms with E-state index < -0.39 is 5.97 Å². The summed E-state index contributed by atoms with van der Waals surface area (Å²) in [5.41, 5.74) is 0.768. The number of benzene rings is 1. The highest BCUT2D eigenvalue weighted by atomic mass is 32.2. The second-order valence-electron chi connectivity index (χ2n) is 6.67. The van der Waals surface area contributed by atoms with Crippen LogP contribution >= 0.6 is 11.8 Å². The van der Waals surface area contributed by atoms with Crippen molar-refractivity contribution in [1.29, 1.82) is 0 Å². The Morgan fingerprint density at radius 3 is 2.57 bits per heavy atom. The van der Waals surface area contributed by atoms with Gasteiger partial charge in [-0.2, -0.15) is 0 Å². The number of carbonyl (C=O) groups is 2. The van der Waals surface area contributed by atoms with Crippen LogP contribution in [0.5, 0.6) is 0 Å². The summed E-state index contributed by atoms with van der Waals surface area (Å²) in [5.74, 6) is 0.473. The van der Waals surface area contributed by atoms with Gasteiger partial charge in [0, 0.05) is 18.3 Å². The number of rotatable bonds is 9. The predicted octanol–water partition coefficient (Wildman–Crippen LogP) is 3.63. The van der Waals surface area contributed by atoms with Gasteiger partial charge in [0.05, 0.1) is 12.0 Å². The average Bonchev–Trinajstić information content (AvgIpc) is 3.40. The van der Waals surface area contributed by atoms with E-state index in [-0.39, 0.29) is 24.3 Å². The molecule has 0 fully saturated rings. The standard InChI is InChI=1S/C21H24N4O4S/c1-4-24-20(17-11-8-12-28-17)22-23-21(24)30-14-19(27)29-13-18(26)25(15(2)3)16-9-6-5-7-10-16/h5-12,15H,4,13-14H2,1-3H3. The zero-order valence-corrected chi connectivity index (χ0v) is 18.0. The summed E-state index contributed by atoms with van der Waals surface area (Å²) in [6.45, 7) is 6.10. The van der Waals surface area contributed by atoms with Crippen molar-refractivity contribution in [2.75, 3.05) is 17.3 Å². The maximum atomic E-state index is 12.6. The second-order valence-corrected chi connectivity index (χ2v) is 7.61. The summed E-state index contributed by atoms with van der Waals surface area (Å²) in [7, 11) is 0. The fourth-order valence-electron chi connectivity index (χ4n) is 2.96.